The standard InChI is InChI=1S/C14H17Cl2NO4/c1-8(14(19)20)5-6-17-13(18)9(2)21-12-4-3-10(15)7-11(12)16/h3-4,7-9H,5-6H2,1-2H3,(H,17,18)(H,19,20). The molecule has 116 valence electrons. The van der Waals surface area contributed by atoms with Crippen LogP contribution in [-0.4, -0.2) is 29.6 Å². The van der Waals surface area contributed by atoms with Crippen LogP contribution in [0.3, 0.4) is 0 Å². The van der Waals surface area contributed by atoms with Crippen LogP contribution >= 0.6 is 23.2 Å². The number of nitrogens with one attached hydrogen (secondary N) is 1. The monoisotopic (exact) mass is 333 g/mol. The van der Waals surface area contributed by atoms with Gasteiger partial charge >= 0.3 is 5.97 Å². The van der Waals surface area contributed by atoms with Crippen molar-refractivity contribution in [2.45, 2.75) is 26.4 Å². The van der Waals surface area contributed by atoms with Gasteiger partial charge in [-0.15, -0.1) is 0 Å². The van der Waals surface area contributed by atoms with E-state index in [1.807, 2.05) is 0 Å². The first kappa shape index (κ1) is 17.6. The van der Waals surface area contributed by atoms with Crippen LogP contribution < -0.4 is 10.1 Å². The Morgan fingerprint density at radius 3 is 2.57 bits per heavy atom. The lowest BCUT2D eigenvalue weighted by Crippen LogP contribution is -2.37. The summed E-state index contributed by atoms with van der Waals surface area (Å²) in [5, 5.41) is 12.2. The van der Waals surface area contributed by atoms with Crippen LogP contribution in [-0.2, 0) is 9.59 Å². The van der Waals surface area contributed by atoms with E-state index in [0.717, 1.165) is 0 Å². The molecule has 2 N–H and O–H groups in total. The molecule has 0 spiro atoms. The molecule has 1 aromatic carbocycles. The van der Waals surface area contributed by atoms with Gasteiger partial charge in [-0.25, -0.2) is 0 Å². The average Bonchev–Trinajstić information content (AvgIpc) is 2.41. The number of benzene rings is 1. The molecule has 0 bridgehead atoms. The molecule has 0 heterocycles. The topological polar surface area (TPSA) is 75.6 Å². The SMILES string of the molecule is CC(CCNC(=O)C(C)Oc1ccc(Cl)cc1Cl)C(=O)O. The second kappa shape index (κ2) is 8.10. The van der Waals surface area contributed by atoms with Gasteiger partial charge in [0.2, 0.25) is 0 Å². The number of rotatable bonds is 7. The molecular weight excluding hydrogens is 317 g/mol. The Morgan fingerprint density at radius 1 is 1.33 bits per heavy atom. The number of aliphatic carboxylic acids is 1. The smallest absolute Gasteiger partial charge is 0.306 e. The summed E-state index contributed by atoms with van der Waals surface area (Å²) in [4.78, 5) is 22.5. The van der Waals surface area contributed by atoms with Crippen molar-refractivity contribution in [2.75, 3.05) is 6.54 Å². The minimum absolute atomic E-state index is 0.272. The summed E-state index contributed by atoms with van der Waals surface area (Å²) < 4.78 is 5.45. The molecule has 0 aliphatic rings. The molecule has 5 nitrogen and oxygen atoms in total. The largest absolute Gasteiger partial charge is 0.481 e. The van der Waals surface area contributed by atoms with Crippen molar-refractivity contribution in [3.8, 4) is 5.75 Å². The molecule has 0 saturated heterocycles. The van der Waals surface area contributed by atoms with Gasteiger partial charge in [0.25, 0.3) is 5.91 Å². The van der Waals surface area contributed by atoms with Crippen LogP contribution in [0.5, 0.6) is 5.75 Å². The molecule has 0 radical (unpaired) electrons. The molecule has 21 heavy (non-hydrogen) atoms. The lowest BCUT2D eigenvalue weighted by Gasteiger charge is -2.16. The third kappa shape index (κ3) is 5.81. The summed E-state index contributed by atoms with van der Waals surface area (Å²) >= 11 is 11.7. The number of hydrogen-bond donors (Lipinski definition) is 2. The molecule has 0 aliphatic heterocycles. The maximum absolute atomic E-state index is 11.8. The Morgan fingerprint density at radius 2 is 2.00 bits per heavy atom. The van der Waals surface area contributed by atoms with Gasteiger partial charge < -0.3 is 15.2 Å². The summed E-state index contributed by atoms with van der Waals surface area (Å²) in [6.45, 7) is 3.44. The van der Waals surface area contributed by atoms with Crippen molar-refractivity contribution in [1.82, 2.24) is 5.32 Å². The van der Waals surface area contributed by atoms with Crippen molar-refractivity contribution in [3.05, 3.63) is 28.2 Å². The first-order valence-corrected chi connectivity index (χ1v) is 7.19. The minimum atomic E-state index is -0.888. The maximum Gasteiger partial charge on any atom is 0.306 e. The lowest BCUT2D eigenvalue weighted by molar-refractivity contribution is -0.141. The predicted molar refractivity (Wildman–Crippen MR) is 81.0 cm³/mol. The highest BCUT2D eigenvalue weighted by Crippen LogP contribution is 2.28. The van der Waals surface area contributed by atoms with E-state index < -0.39 is 18.0 Å². The van der Waals surface area contributed by atoms with E-state index in [1.54, 1.807) is 26.0 Å². The van der Waals surface area contributed by atoms with E-state index in [-0.39, 0.29) is 12.5 Å². The third-order valence-electron chi connectivity index (χ3n) is 2.87. The first-order valence-electron chi connectivity index (χ1n) is 6.43. The summed E-state index contributed by atoms with van der Waals surface area (Å²) in [5.74, 6) is -1.37. The van der Waals surface area contributed by atoms with Crippen LogP contribution in [0.15, 0.2) is 18.2 Å². The van der Waals surface area contributed by atoms with Gasteiger partial charge in [0.05, 0.1) is 10.9 Å². The number of ether oxygens (including phenoxy) is 1. The number of halogens is 2. The Bertz CT molecular complexity index is 522. The van der Waals surface area contributed by atoms with Crippen molar-refractivity contribution in [3.63, 3.8) is 0 Å². The Kier molecular flexibility index (Phi) is 6.78. The number of carboxylic acid groups (broad SMARTS) is 1. The average molecular weight is 334 g/mol. The number of amides is 1. The second-order valence-corrected chi connectivity index (χ2v) is 5.50. The number of carbonyl (C=O) groups excluding carboxylic acids is 1. The van der Waals surface area contributed by atoms with Gasteiger partial charge in [-0.2, -0.15) is 0 Å². The fraction of sp³-hybridized carbons (Fsp3) is 0.429. The van der Waals surface area contributed by atoms with Gasteiger partial charge in [-0.1, -0.05) is 30.1 Å². The molecule has 0 aliphatic carbocycles. The highest BCUT2D eigenvalue weighted by atomic mass is 35.5. The normalized spacial score (nSPS) is 13.3. The van der Waals surface area contributed by atoms with Crippen LogP contribution in [0.4, 0.5) is 0 Å². The van der Waals surface area contributed by atoms with Gasteiger partial charge in [0.15, 0.2) is 6.10 Å². The summed E-state index contributed by atoms with van der Waals surface area (Å²) in [6, 6.07) is 4.72. The zero-order valence-corrected chi connectivity index (χ0v) is 13.2. The molecule has 0 fully saturated rings. The van der Waals surface area contributed by atoms with Crippen LogP contribution in [0.1, 0.15) is 20.3 Å². The number of hydrogen-bond acceptors (Lipinski definition) is 3. The van der Waals surface area contributed by atoms with E-state index in [1.165, 1.54) is 6.07 Å². The van der Waals surface area contributed by atoms with Crippen molar-refractivity contribution in [2.24, 2.45) is 5.92 Å². The van der Waals surface area contributed by atoms with E-state index in [2.05, 4.69) is 5.32 Å². The van der Waals surface area contributed by atoms with Gasteiger partial charge in [0, 0.05) is 11.6 Å². The van der Waals surface area contributed by atoms with Gasteiger partial charge in [-0.3, -0.25) is 9.59 Å². The zero-order valence-electron chi connectivity index (χ0n) is 11.7. The molecule has 1 rings (SSSR count). The molecule has 2 unspecified atom stereocenters. The fourth-order valence-corrected chi connectivity index (χ4v) is 1.95. The van der Waals surface area contributed by atoms with Crippen LogP contribution in [0.2, 0.25) is 10.0 Å². The number of carboxylic acids is 1. The summed E-state index contributed by atoms with van der Waals surface area (Å²) in [6.07, 6.45) is -0.390. The lowest BCUT2D eigenvalue weighted by atomic mass is 10.1. The highest BCUT2D eigenvalue weighted by molar-refractivity contribution is 6.35. The van der Waals surface area contributed by atoms with Crippen molar-refractivity contribution in [1.29, 1.82) is 0 Å². The Labute approximate surface area is 133 Å². The predicted octanol–water partition coefficient (Wildman–Crippen LogP) is 2.99. The van der Waals surface area contributed by atoms with Crippen LogP contribution in [0, 0.1) is 5.92 Å². The Balaban J connectivity index is 2.46. The van der Waals surface area contributed by atoms with Gasteiger partial charge in [0.1, 0.15) is 5.75 Å². The van der Waals surface area contributed by atoms with E-state index in [0.29, 0.717) is 22.2 Å². The molecule has 0 saturated carbocycles. The fourth-order valence-electron chi connectivity index (χ4n) is 1.49. The molecule has 1 amide bonds. The third-order valence-corrected chi connectivity index (χ3v) is 3.40. The van der Waals surface area contributed by atoms with Crippen molar-refractivity contribution < 1.29 is 19.4 Å². The molecular formula is C14H17Cl2NO4. The molecule has 0 aromatic heterocycles. The first-order chi connectivity index (χ1) is 9.81. The minimum Gasteiger partial charge on any atom is -0.481 e. The van der Waals surface area contributed by atoms with Crippen molar-refractivity contribution >= 4 is 35.1 Å². The number of carbonyl (C=O) groups is 2. The van der Waals surface area contributed by atoms with Gasteiger partial charge in [-0.05, 0) is 31.5 Å². The van der Waals surface area contributed by atoms with E-state index >= 15 is 0 Å². The molecule has 1 aromatic rings. The van der Waals surface area contributed by atoms with Crippen LogP contribution in [0.25, 0.3) is 0 Å². The van der Waals surface area contributed by atoms with E-state index in [9.17, 15) is 9.59 Å². The molecule has 2 atom stereocenters. The second-order valence-electron chi connectivity index (χ2n) is 4.65. The maximum atomic E-state index is 11.8. The molecule has 7 heteroatoms. The quantitative estimate of drug-likeness (QED) is 0.804. The summed E-state index contributed by atoms with van der Waals surface area (Å²) in [7, 11) is 0. The highest BCUT2D eigenvalue weighted by Gasteiger charge is 2.17. The van der Waals surface area contributed by atoms with E-state index in [4.69, 9.17) is 33.0 Å². The summed E-state index contributed by atoms with van der Waals surface area (Å²) in [5.41, 5.74) is 0. The zero-order chi connectivity index (χ0) is 16.0. The Hall–Kier alpha value is -1.46.